The summed E-state index contributed by atoms with van der Waals surface area (Å²) in [4.78, 5) is 44.7. The van der Waals surface area contributed by atoms with Crippen molar-refractivity contribution in [2.75, 3.05) is 11.4 Å². The number of carbonyl (C=O) groups excluding carboxylic acids is 3. The Morgan fingerprint density at radius 1 is 1.26 bits per heavy atom. The van der Waals surface area contributed by atoms with Gasteiger partial charge in [0.1, 0.15) is 17.5 Å². The first-order chi connectivity index (χ1) is 16.1. The second kappa shape index (κ2) is 8.29. The molecule has 180 valence electrons. The van der Waals surface area contributed by atoms with Crippen LogP contribution in [0.1, 0.15) is 83.6 Å². The minimum absolute atomic E-state index is 0.0670. The van der Waals surface area contributed by atoms with Crippen molar-refractivity contribution in [3.63, 3.8) is 0 Å². The number of anilines is 1. The van der Waals surface area contributed by atoms with Crippen molar-refractivity contribution in [1.29, 1.82) is 0 Å². The molecule has 0 saturated heterocycles. The van der Waals surface area contributed by atoms with Gasteiger partial charge in [-0.3, -0.25) is 14.4 Å². The van der Waals surface area contributed by atoms with Crippen LogP contribution in [0.3, 0.4) is 0 Å². The normalized spacial score (nSPS) is 19.5. The molecule has 5 rings (SSSR count). The van der Waals surface area contributed by atoms with Crippen LogP contribution < -0.4 is 10.2 Å². The highest BCUT2D eigenvalue weighted by Crippen LogP contribution is 2.37. The number of H-pyrrole nitrogens is 1. The number of ketones is 1. The minimum atomic E-state index is -0.639. The number of carbonyl (C=O) groups is 3. The van der Waals surface area contributed by atoms with Crippen molar-refractivity contribution in [3.8, 4) is 5.75 Å². The molecular weight excluding hydrogens is 430 g/mol. The molecule has 2 heterocycles. The molecule has 1 saturated carbocycles. The van der Waals surface area contributed by atoms with E-state index in [1.54, 1.807) is 23.1 Å². The van der Waals surface area contributed by atoms with Gasteiger partial charge in [-0.15, -0.1) is 0 Å². The Hall–Kier alpha value is -3.09. The topological polar surface area (TPSA) is 102 Å². The maximum Gasteiger partial charge on any atom is 0.268 e. The van der Waals surface area contributed by atoms with E-state index in [1.807, 2.05) is 6.92 Å². The fourth-order valence-electron chi connectivity index (χ4n) is 5.56. The number of aromatic hydroxyl groups is 1. The summed E-state index contributed by atoms with van der Waals surface area (Å²) in [7, 11) is 0. The predicted molar refractivity (Wildman–Crippen MR) is 129 cm³/mol. The van der Waals surface area contributed by atoms with Gasteiger partial charge in [-0.05, 0) is 73.3 Å². The van der Waals surface area contributed by atoms with Crippen molar-refractivity contribution < 1.29 is 19.5 Å². The van der Waals surface area contributed by atoms with Gasteiger partial charge >= 0.3 is 0 Å². The maximum absolute atomic E-state index is 13.6. The van der Waals surface area contributed by atoms with Crippen LogP contribution in [-0.2, 0) is 17.6 Å². The largest absolute Gasteiger partial charge is 0.508 e. The number of fused-ring (bicyclic) bond motifs is 2. The summed E-state index contributed by atoms with van der Waals surface area (Å²) >= 11 is 0. The molecule has 0 radical (unpaired) electrons. The van der Waals surface area contributed by atoms with Crippen molar-refractivity contribution in [2.45, 2.75) is 71.8 Å². The van der Waals surface area contributed by atoms with Gasteiger partial charge in [-0.2, -0.15) is 0 Å². The van der Waals surface area contributed by atoms with Gasteiger partial charge in [-0.1, -0.05) is 26.7 Å². The number of nitrogens with zero attached hydrogens (tertiary/aromatic N) is 1. The molecule has 7 nitrogen and oxygen atoms in total. The van der Waals surface area contributed by atoms with Gasteiger partial charge in [0.2, 0.25) is 5.91 Å². The highest BCUT2D eigenvalue weighted by Gasteiger charge is 2.37. The number of nitrogens with one attached hydrogen (secondary N) is 2. The number of aromatic amines is 1. The summed E-state index contributed by atoms with van der Waals surface area (Å²) in [6, 6.07) is 4.42. The van der Waals surface area contributed by atoms with Gasteiger partial charge in [-0.25, -0.2) is 0 Å². The number of aromatic nitrogens is 1. The molecule has 0 bridgehead atoms. The van der Waals surface area contributed by atoms with Crippen LogP contribution in [-0.4, -0.2) is 40.3 Å². The van der Waals surface area contributed by atoms with Crippen molar-refractivity contribution in [2.24, 2.45) is 11.3 Å². The van der Waals surface area contributed by atoms with E-state index in [9.17, 15) is 19.5 Å². The molecule has 2 aromatic rings. The van der Waals surface area contributed by atoms with Gasteiger partial charge < -0.3 is 20.3 Å². The number of benzene rings is 1. The molecule has 2 amide bonds. The number of hydrogen-bond donors (Lipinski definition) is 3. The van der Waals surface area contributed by atoms with Crippen LogP contribution in [0.15, 0.2) is 18.2 Å². The molecule has 1 fully saturated rings. The Morgan fingerprint density at radius 2 is 2.03 bits per heavy atom. The molecule has 3 aliphatic rings. The van der Waals surface area contributed by atoms with E-state index in [1.165, 1.54) is 12.8 Å². The summed E-state index contributed by atoms with van der Waals surface area (Å²) in [6.45, 7) is 6.46. The second-order valence-electron chi connectivity index (χ2n) is 11.0. The third-order valence-electron chi connectivity index (χ3n) is 7.52. The third kappa shape index (κ3) is 4.24. The number of Topliss-reactive ketones (excluding diaryl/α,β-unsaturated/α-hetero) is 1. The first-order valence-electron chi connectivity index (χ1n) is 12.3. The average Bonchev–Trinajstić information content (AvgIpc) is 3.40. The average molecular weight is 464 g/mol. The van der Waals surface area contributed by atoms with Gasteiger partial charge in [0.05, 0.1) is 0 Å². The molecule has 2 aliphatic carbocycles. The predicted octanol–water partition coefficient (Wildman–Crippen LogP) is 4.06. The zero-order chi connectivity index (χ0) is 24.2. The summed E-state index contributed by atoms with van der Waals surface area (Å²) in [5.41, 5.74) is 4.10. The lowest BCUT2D eigenvalue weighted by molar-refractivity contribution is -0.120. The Labute approximate surface area is 199 Å². The lowest BCUT2D eigenvalue weighted by Crippen LogP contribution is -2.48. The maximum atomic E-state index is 13.6. The summed E-state index contributed by atoms with van der Waals surface area (Å²) < 4.78 is 0. The zero-order valence-corrected chi connectivity index (χ0v) is 20.2. The first-order valence-corrected chi connectivity index (χ1v) is 12.3. The Kier molecular flexibility index (Phi) is 5.53. The lowest BCUT2D eigenvalue weighted by Gasteiger charge is -2.28. The highest BCUT2D eigenvalue weighted by atomic mass is 16.3. The van der Waals surface area contributed by atoms with Crippen LogP contribution in [0.5, 0.6) is 5.75 Å². The Morgan fingerprint density at radius 3 is 2.76 bits per heavy atom. The zero-order valence-electron chi connectivity index (χ0n) is 20.2. The van der Waals surface area contributed by atoms with Crippen LogP contribution in [0.25, 0.3) is 0 Å². The molecule has 7 heteroatoms. The molecule has 1 aromatic carbocycles. The van der Waals surface area contributed by atoms with Crippen LogP contribution in [0.2, 0.25) is 0 Å². The van der Waals surface area contributed by atoms with Crippen molar-refractivity contribution in [3.05, 3.63) is 46.3 Å². The van der Waals surface area contributed by atoms with Gasteiger partial charge in [0, 0.05) is 29.9 Å². The smallest absolute Gasteiger partial charge is 0.268 e. The molecule has 1 atom stereocenters. The molecule has 1 unspecified atom stereocenters. The first kappa shape index (κ1) is 22.7. The fraction of sp³-hybridized carbons (Fsp3) is 0.519. The van der Waals surface area contributed by atoms with E-state index < -0.39 is 6.04 Å². The third-order valence-corrected chi connectivity index (χ3v) is 7.52. The second-order valence-corrected chi connectivity index (χ2v) is 11.0. The SMILES string of the molecule is Cc1c(C(=O)NC(CCC2CC2)C(=O)N2CCc3cc(O)ccc32)[nH]c2c1C(=O)CC(C)(C)C2. The number of rotatable bonds is 6. The monoisotopic (exact) mass is 463 g/mol. The Bertz CT molecular complexity index is 1170. The number of hydrogen-bond acceptors (Lipinski definition) is 4. The van der Waals surface area contributed by atoms with E-state index >= 15 is 0 Å². The molecule has 1 aromatic heterocycles. The quantitative estimate of drug-likeness (QED) is 0.601. The number of amides is 2. The van der Waals surface area contributed by atoms with E-state index in [0.29, 0.717) is 55.0 Å². The fourth-order valence-corrected chi connectivity index (χ4v) is 5.56. The standard InChI is InChI=1S/C27H33N3O4/c1-15-23-20(13-27(2,3)14-22(23)32)28-24(15)25(33)29-19(8-6-16-4-5-16)26(34)30-11-10-17-12-18(31)7-9-21(17)30/h7,9,12,16,19,28,31H,4-6,8,10-11,13-14H2,1-3H3,(H,29,33). The molecular formula is C27H33N3O4. The van der Waals surface area contributed by atoms with Gasteiger partial charge in [0.15, 0.2) is 5.78 Å². The van der Waals surface area contributed by atoms with Crippen LogP contribution in [0, 0.1) is 18.3 Å². The summed E-state index contributed by atoms with van der Waals surface area (Å²) in [5, 5.41) is 12.8. The molecule has 0 spiro atoms. The van der Waals surface area contributed by atoms with E-state index in [0.717, 1.165) is 23.4 Å². The lowest BCUT2D eigenvalue weighted by atomic mass is 9.75. The minimum Gasteiger partial charge on any atom is -0.508 e. The van der Waals surface area contributed by atoms with E-state index in [4.69, 9.17) is 0 Å². The molecule has 34 heavy (non-hydrogen) atoms. The summed E-state index contributed by atoms with van der Waals surface area (Å²) in [5.74, 6) is 0.434. The van der Waals surface area contributed by atoms with Crippen molar-refractivity contribution in [1.82, 2.24) is 10.3 Å². The van der Waals surface area contributed by atoms with E-state index in [2.05, 4.69) is 24.1 Å². The molecule has 1 aliphatic heterocycles. The van der Waals surface area contributed by atoms with Crippen LogP contribution in [0.4, 0.5) is 5.69 Å². The highest BCUT2D eigenvalue weighted by molar-refractivity contribution is 6.06. The van der Waals surface area contributed by atoms with Crippen molar-refractivity contribution >= 4 is 23.3 Å². The van der Waals surface area contributed by atoms with E-state index in [-0.39, 0.29) is 28.8 Å². The Balaban J connectivity index is 1.38. The van der Waals surface area contributed by atoms with Gasteiger partial charge in [0.25, 0.3) is 5.91 Å². The molecule has 3 N–H and O–H groups in total. The summed E-state index contributed by atoms with van der Waals surface area (Å²) in [6.07, 6.45) is 5.71. The van der Waals surface area contributed by atoms with Crippen LogP contribution >= 0.6 is 0 Å². The number of phenols is 1. The number of phenolic OH excluding ortho intramolecular Hbond substituents is 1.